The molecule has 3 rings (SSSR count). The lowest BCUT2D eigenvalue weighted by Gasteiger charge is -2.07. The topological polar surface area (TPSA) is 54.7 Å². The lowest BCUT2D eigenvalue weighted by Crippen LogP contribution is -2.00. The minimum Gasteiger partial charge on any atom is -0.344 e. The monoisotopic (exact) mass is 213 g/mol. The van der Waals surface area contributed by atoms with Crippen molar-refractivity contribution in [3.63, 3.8) is 0 Å². The Morgan fingerprint density at radius 2 is 2.25 bits per heavy atom. The third kappa shape index (κ3) is 1.44. The molecule has 0 bridgehead atoms. The van der Waals surface area contributed by atoms with E-state index in [0.29, 0.717) is 12.5 Å². The van der Waals surface area contributed by atoms with Crippen LogP contribution in [0.2, 0.25) is 0 Å². The second-order valence-electron chi connectivity index (χ2n) is 4.29. The first-order valence-corrected chi connectivity index (χ1v) is 5.70. The van der Waals surface area contributed by atoms with Gasteiger partial charge in [0.25, 0.3) is 0 Å². The van der Waals surface area contributed by atoms with E-state index in [2.05, 4.69) is 34.2 Å². The molecule has 1 unspecified atom stereocenters. The van der Waals surface area contributed by atoms with Crippen LogP contribution in [0.25, 0.3) is 0 Å². The molecule has 2 aromatic rings. The SMILES string of the molecule is NCc1cnc(C2CCc3ccccc32)[nH]1. The highest BCUT2D eigenvalue weighted by molar-refractivity contribution is 5.38. The van der Waals surface area contributed by atoms with Gasteiger partial charge in [0.15, 0.2) is 0 Å². The molecule has 3 N–H and O–H groups in total. The van der Waals surface area contributed by atoms with Crippen molar-refractivity contribution < 1.29 is 0 Å². The summed E-state index contributed by atoms with van der Waals surface area (Å²) in [6.45, 7) is 0.529. The number of nitrogens with two attached hydrogens (primary N) is 1. The maximum atomic E-state index is 5.59. The molecule has 0 radical (unpaired) electrons. The predicted molar refractivity (Wildman–Crippen MR) is 63.1 cm³/mol. The van der Waals surface area contributed by atoms with Gasteiger partial charge >= 0.3 is 0 Å². The lowest BCUT2D eigenvalue weighted by atomic mass is 10.0. The molecule has 1 heterocycles. The number of nitrogens with one attached hydrogen (secondary N) is 1. The number of aryl methyl sites for hydroxylation is 1. The standard InChI is InChI=1S/C13H15N3/c14-7-10-8-15-13(16-10)12-6-5-9-3-1-2-4-11(9)12/h1-4,8,12H,5-7,14H2,(H,15,16). The molecule has 0 aliphatic heterocycles. The number of H-pyrrole nitrogens is 1. The molecule has 0 saturated carbocycles. The molecule has 0 fully saturated rings. The Morgan fingerprint density at radius 1 is 1.38 bits per heavy atom. The van der Waals surface area contributed by atoms with Gasteiger partial charge in [-0.15, -0.1) is 0 Å². The number of aromatic amines is 1. The minimum absolute atomic E-state index is 0.427. The molecule has 1 aromatic heterocycles. The van der Waals surface area contributed by atoms with Gasteiger partial charge in [0.2, 0.25) is 0 Å². The number of benzene rings is 1. The molecule has 16 heavy (non-hydrogen) atoms. The van der Waals surface area contributed by atoms with Crippen molar-refractivity contribution in [2.24, 2.45) is 5.73 Å². The molecule has 0 saturated heterocycles. The van der Waals surface area contributed by atoms with E-state index in [1.54, 1.807) is 0 Å². The molecule has 1 aliphatic rings. The molecule has 82 valence electrons. The second kappa shape index (κ2) is 3.76. The highest BCUT2D eigenvalue weighted by atomic mass is 14.9. The van der Waals surface area contributed by atoms with Gasteiger partial charge in [0, 0.05) is 24.4 Å². The maximum Gasteiger partial charge on any atom is 0.113 e. The lowest BCUT2D eigenvalue weighted by molar-refractivity contribution is 0.738. The van der Waals surface area contributed by atoms with Crippen LogP contribution in [0.4, 0.5) is 0 Å². The van der Waals surface area contributed by atoms with Gasteiger partial charge in [0.1, 0.15) is 5.82 Å². The fraction of sp³-hybridized carbons (Fsp3) is 0.308. The number of rotatable bonds is 2. The molecule has 3 heteroatoms. The Balaban J connectivity index is 1.98. The molecule has 1 aromatic carbocycles. The average Bonchev–Trinajstić information content (AvgIpc) is 2.94. The maximum absolute atomic E-state index is 5.59. The largest absolute Gasteiger partial charge is 0.344 e. The number of hydrogen-bond acceptors (Lipinski definition) is 2. The quantitative estimate of drug-likeness (QED) is 0.801. The molecule has 0 spiro atoms. The van der Waals surface area contributed by atoms with Gasteiger partial charge in [-0.05, 0) is 24.0 Å². The summed E-state index contributed by atoms with van der Waals surface area (Å²) in [7, 11) is 0. The Labute approximate surface area is 94.7 Å². The summed E-state index contributed by atoms with van der Waals surface area (Å²) in [5.41, 5.74) is 9.47. The first kappa shape index (κ1) is 9.60. The van der Waals surface area contributed by atoms with Crippen molar-refractivity contribution in [3.8, 4) is 0 Å². The Bertz CT molecular complexity index is 501. The Kier molecular flexibility index (Phi) is 2.26. The van der Waals surface area contributed by atoms with Crippen LogP contribution in [-0.2, 0) is 13.0 Å². The van der Waals surface area contributed by atoms with E-state index in [1.807, 2.05) is 6.20 Å². The summed E-state index contributed by atoms with van der Waals surface area (Å²) < 4.78 is 0. The fourth-order valence-corrected chi connectivity index (χ4v) is 2.50. The van der Waals surface area contributed by atoms with E-state index in [1.165, 1.54) is 11.1 Å². The fourth-order valence-electron chi connectivity index (χ4n) is 2.50. The third-order valence-corrected chi connectivity index (χ3v) is 3.33. The van der Waals surface area contributed by atoms with Crippen molar-refractivity contribution in [3.05, 3.63) is 53.1 Å². The number of aromatic nitrogens is 2. The number of hydrogen-bond donors (Lipinski definition) is 2. The van der Waals surface area contributed by atoms with Crippen molar-refractivity contribution in [1.29, 1.82) is 0 Å². The van der Waals surface area contributed by atoms with Crippen LogP contribution < -0.4 is 5.73 Å². The van der Waals surface area contributed by atoms with Gasteiger partial charge in [-0.25, -0.2) is 4.98 Å². The number of fused-ring (bicyclic) bond motifs is 1. The summed E-state index contributed by atoms with van der Waals surface area (Å²) >= 11 is 0. The number of nitrogens with zero attached hydrogens (tertiary/aromatic N) is 1. The van der Waals surface area contributed by atoms with E-state index in [-0.39, 0.29) is 0 Å². The molecular formula is C13H15N3. The van der Waals surface area contributed by atoms with Crippen LogP contribution in [-0.4, -0.2) is 9.97 Å². The van der Waals surface area contributed by atoms with E-state index in [0.717, 1.165) is 24.4 Å². The van der Waals surface area contributed by atoms with Crippen molar-refractivity contribution >= 4 is 0 Å². The van der Waals surface area contributed by atoms with E-state index in [4.69, 9.17) is 5.73 Å². The highest BCUT2D eigenvalue weighted by Crippen LogP contribution is 2.36. The van der Waals surface area contributed by atoms with Gasteiger partial charge < -0.3 is 10.7 Å². The summed E-state index contributed by atoms with van der Waals surface area (Å²) in [5, 5.41) is 0. The highest BCUT2D eigenvalue weighted by Gasteiger charge is 2.25. The van der Waals surface area contributed by atoms with Crippen LogP contribution in [0.5, 0.6) is 0 Å². The first-order valence-electron chi connectivity index (χ1n) is 5.70. The van der Waals surface area contributed by atoms with Crippen LogP contribution >= 0.6 is 0 Å². The van der Waals surface area contributed by atoms with Crippen LogP contribution in [0, 0.1) is 0 Å². The summed E-state index contributed by atoms with van der Waals surface area (Å²) in [6, 6.07) is 8.62. The van der Waals surface area contributed by atoms with Crippen LogP contribution in [0.15, 0.2) is 30.5 Å². The van der Waals surface area contributed by atoms with E-state index < -0.39 is 0 Å². The summed E-state index contributed by atoms with van der Waals surface area (Å²) in [4.78, 5) is 7.74. The molecule has 3 nitrogen and oxygen atoms in total. The predicted octanol–water partition coefficient (Wildman–Crippen LogP) is 1.95. The third-order valence-electron chi connectivity index (χ3n) is 3.33. The zero-order valence-electron chi connectivity index (χ0n) is 9.11. The van der Waals surface area contributed by atoms with Gasteiger partial charge in [-0.2, -0.15) is 0 Å². The summed E-state index contributed by atoms with van der Waals surface area (Å²) in [6.07, 6.45) is 4.15. The zero-order chi connectivity index (χ0) is 11.0. The van der Waals surface area contributed by atoms with Crippen LogP contribution in [0.3, 0.4) is 0 Å². The first-order chi connectivity index (χ1) is 7.88. The van der Waals surface area contributed by atoms with Gasteiger partial charge in [0.05, 0.1) is 0 Å². The summed E-state index contributed by atoms with van der Waals surface area (Å²) in [5.74, 6) is 1.49. The van der Waals surface area contributed by atoms with E-state index in [9.17, 15) is 0 Å². The molecule has 1 aliphatic carbocycles. The van der Waals surface area contributed by atoms with Crippen molar-refractivity contribution in [2.75, 3.05) is 0 Å². The Hall–Kier alpha value is -1.61. The average molecular weight is 213 g/mol. The second-order valence-corrected chi connectivity index (χ2v) is 4.29. The van der Waals surface area contributed by atoms with Crippen molar-refractivity contribution in [1.82, 2.24) is 9.97 Å². The smallest absolute Gasteiger partial charge is 0.113 e. The normalized spacial score (nSPS) is 18.7. The van der Waals surface area contributed by atoms with E-state index >= 15 is 0 Å². The minimum atomic E-state index is 0.427. The molecule has 1 atom stereocenters. The zero-order valence-corrected chi connectivity index (χ0v) is 9.11. The van der Waals surface area contributed by atoms with Gasteiger partial charge in [-0.1, -0.05) is 24.3 Å². The Morgan fingerprint density at radius 3 is 3.06 bits per heavy atom. The van der Waals surface area contributed by atoms with Crippen LogP contribution in [0.1, 0.15) is 35.0 Å². The van der Waals surface area contributed by atoms with Crippen molar-refractivity contribution in [2.45, 2.75) is 25.3 Å². The molecular weight excluding hydrogens is 198 g/mol. The number of imidazole rings is 1. The molecule has 0 amide bonds. The van der Waals surface area contributed by atoms with Gasteiger partial charge in [-0.3, -0.25) is 0 Å².